The van der Waals surface area contributed by atoms with E-state index in [1.54, 1.807) is 0 Å². The van der Waals surface area contributed by atoms with Crippen LogP contribution < -0.4 is 5.32 Å². The Kier molecular flexibility index (Phi) is 6.76. The Balaban J connectivity index is 2.39. The van der Waals surface area contributed by atoms with Crippen LogP contribution in [0.25, 0.3) is 0 Å². The molecule has 0 saturated carbocycles. The first-order chi connectivity index (χ1) is 8.59. The molecule has 2 nitrogen and oxygen atoms in total. The van der Waals surface area contributed by atoms with E-state index < -0.39 is 0 Å². The first-order valence-electron chi connectivity index (χ1n) is 6.65. The first-order valence-corrected chi connectivity index (χ1v) is 7.63. The van der Waals surface area contributed by atoms with Crippen molar-refractivity contribution in [3.63, 3.8) is 0 Å². The standard InChI is InChI=1S/C15H25NOS/c1-4-9-16-15(3,12-17)8-10-18-14-7-5-6-13(2)11-14/h5-7,11,16-17H,4,8-10,12H2,1-3H3. The van der Waals surface area contributed by atoms with Crippen molar-refractivity contribution in [1.82, 2.24) is 5.32 Å². The summed E-state index contributed by atoms with van der Waals surface area (Å²) in [5.74, 6) is 1.03. The molecule has 18 heavy (non-hydrogen) atoms. The van der Waals surface area contributed by atoms with Gasteiger partial charge in [0.2, 0.25) is 0 Å². The minimum absolute atomic E-state index is 0.146. The summed E-state index contributed by atoms with van der Waals surface area (Å²) in [5.41, 5.74) is 1.15. The van der Waals surface area contributed by atoms with E-state index in [1.807, 2.05) is 11.8 Å². The summed E-state index contributed by atoms with van der Waals surface area (Å²) in [6.07, 6.45) is 2.07. The van der Waals surface area contributed by atoms with E-state index in [2.05, 4.69) is 50.4 Å². The van der Waals surface area contributed by atoms with Crippen LogP contribution in [0.15, 0.2) is 29.2 Å². The predicted molar refractivity (Wildman–Crippen MR) is 80.3 cm³/mol. The highest BCUT2D eigenvalue weighted by atomic mass is 32.2. The molecule has 1 atom stereocenters. The van der Waals surface area contributed by atoms with Crippen molar-refractivity contribution < 1.29 is 5.11 Å². The zero-order valence-corrected chi connectivity index (χ0v) is 12.5. The molecule has 0 amide bonds. The van der Waals surface area contributed by atoms with Crippen LogP contribution in [-0.4, -0.2) is 29.5 Å². The number of thioether (sulfide) groups is 1. The quantitative estimate of drug-likeness (QED) is 0.709. The first kappa shape index (κ1) is 15.5. The number of aliphatic hydroxyl groups is 1. The predicted octanol–water partition coefficient (Wildman–Crippen LogP) is 3.23. The zero-order valence-electron chi connectivity index (χ0n) is 11.7. The Hall–Kier alpha value is -0.510. The minimum atomic E-state index is -0.146. The molecule has 0 aromatic heterocycles. The molecule has 1 unspecified atom stereocenters. The molecular formula is C15H25NOS. The van der Waals surface area contributed by atoms with Crippen LogP contribution in [0, 0.1) is 6.92 Å². The smallest absolute Gasteiger partial charge is 0.0610 e. The van der Waals surface area contributed by atoms with Crippen LogP contribution in [-0.2, 0) is 0 Å². The summed E-state index contributed by atoms with van der Waals surface area (Å²) in [5, 5.41) is 12.9. The van der Waals surface area contributed by atoms with E-state index in [4.69, 9.17) is 0 Å². The maximum Gasteiger partial charge on any atom is 0.0610 e. The largest absolute Gasteiger partial charge is 0.394 e. The number of hydrogen-bond donors (Lipinski definition) is 2. The molecule has 1 aromatic rings. The Labute approximate surface area is 115 Å². The Bertz CT molecular complexity index is 356. The van der Waals surface area contributed by atoms with Gasteiger partial charge in [-0.3, -0.25) is 0 Å². The normalized spacial score (nSPS) is 14.4. The SMILES string of the molecule is CCCNC(C)(CO)CCSc1cccc(C)c1. The molecule has 3 heteroatoms. The molecule has 0 aliphatic carbocycles. The Morgan fingerprint density at radius 2 is 2.17 bits per heavy atom. The zero-order chi connectivity index (χ0) is 13.4. The third kappa shape index (κ3) is 5.42. The van der Waals surface area contributed by atoms with E-state index >= 15 is 0 Å². The summed E-state index contributed by atoms with van der Waals surface area (Å²) >= 11 is 1.86. The fraction of sp³-hybridized carbons (Fsp3) is 0.600. The average Bonchev–Trinajstić information content (AvgIpc) is 2.36. The van der Waals surface area contributed by atoms with Crippen molar-refractivity contribution in [3.8, 4) is 0 Å². The second-order valence-corrected chi connectivity index (χ2v) is 6.23. The van der Waals surface area contributed by atoms with Crippen molar-refractivity contribution >= 4 is 11.8 Å². The lowest BCUT2D eigenvalue weighted by molar-refractivity contribution is 0.171. The summed E-state index contributed by atoms with van der Waals surface area (Å²) in [4.78, 5) is 1.31. The van der Waals surface area contributed by atoms with E-state index in [0.29, 0.717) is 0 Å². The van der Waals surface area contributed by atoms with Gasteiger partial charge in [-0.25, -0.2) is 0 Å². The highest BCUT2D eigenvalue weighted by Crippen LogP contribution is 2.22. The molecule has 0 saturated heterocycles. The lowest BCUT2D eigenvalue weighted by Crippen LogP contribution is -2.46. The number of aryl methyl sites for hydroxylation is 1. The van der Waals surface area contributed by atoms with Crippen molar-refractivity contribution in [2.24, 2.45) is 0 Å². The molecule has 0 aliphatic heterocycles. The number of hydrogen-bond acceptors (Lipinski definition) is 3. The number of benzene rings is 1. The molecule has 0 heterocycles. The third-order valence-electron chi connectivity index (χ3n) is 3.06. The maximum absolute atomic E-state index is 9.48. The van der Waals surface area contributed by atoms with Gasteiger partial charge in [-0.2, -0.15) is 0 Å². The van der Waals surface area contributed by atoms with E-state index in [1.165, 1.54) is 10.5 Å². The summed E-state index contributed by atoms with van der Waals surface area (Å²) in [7, 11) is 0. The number of rotatable bonds is 8. The van der Waals surface area contributed by atoms with Gasteiger partial charge in [-0.15, -0.1) is 11.8 Å². The van der Waals surface area contributed by atoms with Crippen molar-refractivity contribution in [2.75, 3.05) is 18.9 Å². The molecule has 1 rings (SSSR count). The third-order valence-corrected chi connectivity index (χ3v) is 4.06. The second kappa shape index (κ2) is 7.82. The average molecular weight is 267 g/mol. The van der Waals surface area contributed by atoms with Crippen molar-refractivity contribution in [1.29, 1.82) is 0 Å². The molecule has 0 radical (unpaired) electrons. The van der Waals surface area contributed by atoms with Crippen LogP contribution in [0.2, 0.25) is 0 Å². The van der Waals surface area contributed by atoms with Crippen LogP contribution in [0.4, 0.5) is 0 Å². The topological polar surface area (TPSA) is 32.3 Å². The van der Waals surface area contributed by atoms with Crippen LogP contribution in [0.5, 0.6) is 0 Å². The molecule has 102 valence electrons. The fourth-order valence-corrected chi connectivity index (χ4v) is 2.98. The van der Waals surface area contributed by atoms with Gasteiger partial charge in [0.25, 0.3) is 0 Å². The number of nitrogens with one attached hydrogen (secondary N) is 1. The lowest BCUT2D eigenvalue weighted by atomic mass is 10.0. The monoisotopic (exact) mass is 267 g/mol. The van der Waals surface area contributed by atoms with Gasteiger partial charge in [-0.05, 0) is 51.1 Å². The van der Waals surface area contributed by atoms with Crippen LogP contribution in [0.1, 0.15) is 32.3 Å². The van der Waals surface area contributed by atoms with Crippen LogP contribution in [0.3, 0.4) is 0 Å². The van der Waals surface area contributed by atoms with Gasteiger partial charge >= 0.3 is 0 Å². The van der Waals surface area contributed by atoms with Gasteiger partial charge in [0, 0.05) is 10.4 Å². The fourth-order valence-electron chi connectivity index (χ4n) is 1.75. The van der Waals surface area contributed by atoms with Gasteiger partial charge in [0.15, 0.2) is 0 Å². The van der Waals surface area contributed by atoms with E-state index in [0.717, 1.165) is 25.1 Å². The molecular weight excluding hydrogens is 242 g/mol. The maximum atomic E-state index is 9.48. The Morgan fingerprint density at radius 1 is 1.39 bits per heavy atom. The molecule has 0 bridgehead atoms. The highest BCUT2D eigenvalue weighted by Gasteiger charge is 2.21. The Morgan fingerprint density at radius 3 is 2.78 bits per heavy atom. The van der Waals surface area contributed by atoms with Gasteiger partial charge < -0.3 is 10.4 Å². The number of aliphatic hydroxyl groups excluding tert-OH is 1. The summed E-state index contributed by atoms with van der Waals surface area (Å²) in [6.45, 7) is 7.52. The summed E-state index contributed by atoms with van der Waals surface area (Å²) < 4.78 is 0. The van der Waals surface area contributed by atoms with E-state index in [9.17, 15) is 5.11 Å². The molecule has 0 aliphatic rings. The van der Waals surface area contributed by atoms with Crippen LogP contribution >= 0.6 is 11.8 Å². The van der Waals surface area contributed by atoms with Gasteiger partial charge in [0.05, 0.1) is 6.61 Å². The second-order valence-electron chi connectivity index (χ2n) is 5.06. The molecule has 2 N–H and O–H groups in total. The van der Waals surface area contributed by atoms with Crippen molar-refractivity contribution in [3.05, 3.63) is 29.8 Å². The van der Waals surface area contributed by atoms with Crippen molar-refractivity contribution in [2.45, 2.75) is 44.0 Å². The molecule has 0 spiro atoms. The minimum Gasteiger partial charge on any atom is -0.394 e. The lowest BCUT2D eigenvalue weighted by Gasteiger charge is -2.28. The molecule has 0 fully saturated rings. The van der Waals surface area contributed by atoms with Gasteiger partial charge in [0.1, 0.15) is 0 Å². The van der Waals surface area contributed by atoms with Gasteiger partial charge in [-0.1, -0.05) is 24.6 Å². The van der Waals surface area contributed by atoms with E-state index in [-0.39, 0.29) is 12.1 Å². The summed E-state index contributed by atoms with van der Waals surface area (Å²) in [6, 6.07) is 8.57. The molecule has 1 aromatic carbocycles. The highest BCUT2D eigenvalue weighted by molar-refractivity contribution is 7.99.